The Balaban J connectivity index is 1.33. The Morgan fingerprint density at radius 1 is 1.10 bits per heavy atom. The molecule has 2 aliphatic heterocycles. The Morgan fingerprint density at radius 2 is 1.76 bits per heavy atom. The Kier molecular flexibility index (Phi) is 5.22. The van der Waals surface area contributed by atoms with Crippen molar-refractivity contribution in [1.29, 1.82) is 0 Å². The largest absolute Gasteiger partial charge is 0.326 e. The van der Waals surface area contributed by atoms with Crippen molar-refractivity contribution in [2.24, 2.45) is 5.92 Å². The molecular formula is C20H26N4O4S. The molecule has 0 bridgehead atoms. The molecule has 9 heteroatoms. The molecule has 1 aliphatic carbocycles. The molecule has 3 aliphatic rings. The Hall–Kier alpha value is -2.23. The zero-order valence-electron chi connectivity index (χ0n) is 16.5. The summed E-state index contributed by atoms with van der Waals surface area (Å²) in [6.45, 7) is 3.58. The molecule has 2 saturated heterocycles. The number of amides is 3. The average molecular weight is 419 g/mol. The van der Waals surface area contributed by atoms with E-state index in [-0.39, 0.29) is 24.5 Å². The van der Waals surface area contributed by atoms with Gasteiger partial charge in [-0.05, 0) is 37.3 Å². The zero-order chi connectivity index (χ0) is 20.6. The lowest BCUT2D eigenvalue weighted by molar-refractivity contribution is -0.133. The Labute approximate surface area is 171 Å². The van der Waals surface area contributed by atoms with E-state index in [1.165, 1.54) is 14.6 Å². The standard InChI is InChI=1S/C20H26N4O4S/c1-20(17-7-8-17)18(25)24(19(26)21-20)15-22-10-12-23(13-11-22)29(27,28)14-9-16-5-3-2-4-6-16/h2-6,9,14,17H,7-8,10-13,15H2,1H3,(H,21,26)/b14-9+. The number of rotatable bonds is 6. The highest BCUT2D eigenvalue weighted by Gasteiger charge is 2.56. The number of carbonyl (C=O) groups excluding carboxylic acids is 2. The molecule has 3 amide bonds. The molecule has 1 unspecified atom stereocenters. The van der Waals surface area contributed by atoms with Crippen LogP contribution in [-0.4, -0.2) is 72.8 Å². The van der Waals surface area contributed by atoms with Crippen molar-refractivity contribution < 1.29 is 18.0 Å². The topological polar surface area (TPSA) is 90.0 Å². The molecule has 1 N–H and O–H groups in total. The van der Waals surface area contributed by atoms with Gasteiger partial charge in [0.05, 0.1) is 6.67 Å². The summed E-state index contributed by atoms with van der Waals surface area (Å²) in [5.41, 5.74) is 0.0387. The van der Waals surface area contributed by atoms with Gasteiger partial charge in [-0.2, -0.15) is 4.31 Å². The van der Waals surface area contributed by atoms with Gasteiger partial charge in [-0.15, -0.1) is 0 Å². The summed E-state index contributed by atoms with van der Waals surface area (Å²) < 4.78 is 26.6. The van der Waals surface area contributed by atoms with Crippen molar-refractivity contribution in [2.75, 3.05) is 32.8 Å². The van der Waals surface area contributed by atoms with Crippen LogP contribution in [0.15, 0.2) is 35.7 Å². The maximum absolute atomic E-state index is 12.7. The molecule has 156 valence electrons. The second-order valence-corrected chi connectivity index (χ2v) is 9.88. The third kappa shape index (κ3) is 4.08. The van der Waals surface area contributed by atoms with Gasteiger partial charge in [0.15, 0.2) is 0 Å². The van der Waals surface area contributed by atoms with Crippen LogP contribution < -0.4 is 5.32 Å². The Morgan fingerprint density at radius 3 is 2.38 bits per heavy atom. The molecule has 8 nitrogen and oxygen atoms in total. The lowest BCUT2D eigenvalue weighted by atomic mass is 9.96. The van der Waals surface area contributed by atoms with Gasteiger partial charge in [-0.1, -0.05) is 30.3 Å². The van der Waals surface area contributed by atoms with E-state index in [1.54, 1.807) is 13.0 Å². The molecule has 1 aromatic rings. The SMILES string of the molecule is CC1(C2CC2)NC(=O)N(CN2CCN(S(=O)(=O)/C=C/c3ccccc3)CC2)C1=O. The quantitative estimate of drug-likeness (QED) is 0.703. The predicted octanol–water partition coefficient (Wildman–Crippen LogP) is 1.28. The summed E-state index contributed by atoms with van der Waals surface area (Å²) in [5, 5.41) is 4.07. The van der Waals surface area contributed by atoms with Crippen LogP contribution >= 0.6 is 0 Å². The number of benzene rings is 1. The summed E-state index contributed by atoms with van der Waals surface area (Å²) in [6.07, 6.45) is 3.51. The Bertz CT molecular complexity index is 921. The van der Waals surface area contributed by atoms with Crippen LogP contribution in [-0.2, 0) is 14.8 Å². The van der Waals surface area contributed by atoms with Gasteiger partial charge < -0.3 is 5.32 Å². The number of hydrogen-bond donors (Lipinski definition) is 1. The molecule has 29 heavy (non-hydrogen) atoms. The van der Waals surface area contributed by atoms with E-state index in [1.807, 2.05) is 35.2 Å². The number of piperazine rings is 1. The number of imide groups is 1. The zero-order valence-corrected chi connectivity index (χ0v) is 17.3. The van der Waals surface area contributed by atoms with E-state index >= 15 is 0 Å². The monoisotopic (exact) mass is 418 g/mol. The highest BCUT2D eigenvalue weighted by molar-refractivity contribution is 7.92. The first-order chi connectivity index (χ1) is 13.8. The van der Waals surface area contributed by atoms with Crippen molar-refractivity contribution in [3.05, 3.63) is 41.3 Å². The number of nitrogens with zero attached hydrogens (tertiary/aromatic N) is 3. The molecule has 1 aromatic carbocycles. The lowest BCUT2D eigenvalue weighted by Gasteiger charge is -2.34. The number of carbonyl (C=O) groups is 2. The maximum Gasteiger partial charge on any atom is 0.326 e. The van der Waals surface area contributed by atoms with Crippen LogP contribution in [0.4, 0.5) is 4.79 Å². The molecule has 0 spiro atoms. The van der Waals surface area contributed by atoms with Crippen molar-refractivity contribution in [3.8, 4) is 0 Å². The van der Waals surface area contributed by atoms with E-state index < -0.39 is 15.6 Å². The molecule has 2 heterocycles. The minimum absolute atomic E-state index is 0.175. The van der Waals surface area contributed by atoms with E-state index in [4.69, 9.17) is 0 Å². The first-order valence-electron chi connectivity index (χ1n) is 9.89. The van der Waals surface area contributed by atoms with E-state index in [9.17, 15) is 18.0 Å². The average Bonchev–Trinajstić information content (AvgIpc) is 3.54. The lowest BCUT2D eigenvalue weighted by Crippen LogP contribution is -2.52. The molecular weight excluding hydrogens is 392 g/mol. The van der Waals surface area contributed by atoms with Crippen LogP contribution in [0, 0.1) is 5.92 Å². The molecule has 1 saturated carbocycles. The summed E-state index contributed by atoms with van der Waals surface area (Å²) in [5.74, 6) is 0.0492. The van der Waals surface area contributed by atoms with E-state index in [2.05, 4.69) is 5.32 Å². The van der Waals surface area contributed by atoms with Crippen molar-refractivity contribution in [2.45, 2.75) is 25.3 Å². The molecule has 0 radical (unpaired) electrons. The van der Waals surface area contributed by atoms with Gasteiger partial charge in [-0.3, -0.25) is 9.69 Å². The summed E-state index contributed by atoms with van der Waals surface area (Å²) in [4.78, 5) is 28.2. The van der Waals surface area contributed by atoms with Gasteiger partial charge in [0, 0.05) is 31.6 Å². The number of hydrogen-bond acceptors (Lipinski definition) is 5. The molecule has 4 rings (SSSR count). The van der Waals surface area contributed by atoms with Crippen LogP contribution in [0.2, 0.25) is 0 Å². The molecule has 1 atom stereocenters. The normalized spacial score (nSPS) is 27.0. The van der Waals surface area contributed by atoms with Gasteiger partial charge in [-0.25, -0.2) is 18.1 Å². The fourth-order valence-corrected chi connectivity index (χ4v) is 5.10. The van der Waals surface area contributed by atoms with Gasteiger partial charge >= 0.3 is 6.03 Å². The second-order valence-electron chi connectivity index (χ2n) is 8.06. The van der Waals surface area contributed by atoms with E-state index in [0.29, 0.717) is 26.2 Å². The number of nitrogens with one attached hydrogen (secondary N) is 1. The summed E-state index contributed by atoms with van der Waals surface area (Å²) >= 11 is 0. The predicted molar refractivity (Wildman–Crippen MR) is 109 cm³/mol. The highest BCUT2D eigenvalue weighted by atomic mass is 32.2. The fraction of sp³-hybridized carbons (Fsp3) is 0.500. The van der Waals surface area contributed by atoms with Crippen LogP contribution in [0.5, 0.6) is 0 Å². The van der Waals surface area contributed by atoms with E-state index in [0.717, 1.165) is 18.4 Å². The number of sulfonamides is 1. The molecule has 3 fully saturated rings. The minimum Gasteiger partial charge on any atom is -0.323 e. The third-order valence-electron chi connectivity index (χ3n) is 5.96. The summed E-state index contributed by atoms with van der Waals surface area (Å²) in [7, 11) is -3.51. The highest BCUT2D eigenvalue weighted by Crippen LogP contribution is 2.42. The van der Waals surface area contributed by atoms with Gasteiger partial charge in [0.25, 0.3) is 5.91 Å². The smallest absolute Gasteiger partial charge is 0.323 e. The van der Waals surface area contributed by atoms with Gasteiger partial charge in [0.2, 0.25) is 10.0 Å². The number of urea groups is 1. The minimum atomic E-state index is -3.51. The van der Waals surface area contributed by atoms with Gasteiger partial charge in [0.1, 0.15) is 5.54 Å². The first kappa shape index (κ1) is 20.1. The van der Waals surface area contributed by atoms with Crippen molar-refractivity contribution in [3.63, 3.8) is 0 Å². The van der Waals surface area contributed by atoms with Crippen molar-refractivity contribution >= 4 is 28.0 Å². The first-order valence-corrected chi connectivity index (χ1v) is 11.4. The summed E-state index contributed by atoms with van der Waals surface area (Å²) in [6, 6.07) is 8.92. The maximum atomic E-state index is 12.7. The fourth-order valence-electron chi connectivity index (χ4n) is 3.92. The third-order valence-corrected chi connectivity index (χ3v) is 7.52. The second kappa shape index (κ2) is 7.55. The van der Waals surface area contributed by atoms with Crippen LogP contribution in [0.25, 0.3) is 6.08 Å². The molecule has 0 aromatic heterocycles. The van der Waals surface area contributed by atoms with Crippen LogP contribution in [0.3, 0.4) is 0 Å². The van der Waals surface area contributed by atoms with Crippen LogP contribution in [0.1, 0.15) is 25.3 Å². The van der Waals surface area contributed by atoms with Crippen molar-refractivity contribution in [1.82, 2.24) is 19.4 Å².